The van der Waals surface area contributed by atoms with E-state index in [2.05, 4.69) is 47.4 Å². The molecule has 1 aliphatic rings. The van der Waals surface area contributed by atoms with Crippen LogP contribution in [0.5, 0.6) is 17.2 Å². The number of pyridine rings is 1. The van der Waals surface area contributed by atoms with Crippen LogP contribution < -0.4 is 30.8 Å². The fourth-order valence-electron chi connectivity index (χ4n) is 9.75. The maximum atomic E-state index is 13.8. The quantitative estimate of drug-likeness (QED) is 0.0140. The zero-order valence-corrected chi connectivity index (χ0v) is 47.6. The van der Waals surface area contributed by atoms with Crippen LogP contribution in [0, 0.1) is 23.2 Å². The van der Waals surface area contributed by atoms with Gasteiger partial charge in [-0.2, -0.15) is 18.4 Å². The molecule has 1 fully saturated rings. The lowest BCUT2D eigenvalue weighted by Crippen LogP contribution is -2.40. The minimum absolute atomic E-state index is 0.0126. The first-order chi connectivity index (χ1) is 41.1. The summed E-state index contributed by atoms with van der Waals surface area (Å²) in [5.41, 5.74) is 5.31. The molecule has 0 bridgehead atoms. The molecule has 448 valence electrons. The summed E-state index contributed by atoms with van der Waals surface area (Å²) < 4.78 is 116. The Hall–Kier alpha value is -7.79. The van der Waals surface area contributed by atoms with E-state index < -0.39 is 30.4 Å². The molecule has 1 saturated heterocycles. The molecule has 0 radical (unpaired) electrons. The number of H-pyrrole nitrogens is 1. The van der Waals surface area contributed by atoms with Crippen molar-refractivity contribution in [2.75, 3.05) is 96.8 Å². The molecular formula is C59H60F6N10O8S2. The number of fused-ring (bicyclic) bond motifs is 2. The van der Waals surface area contributed by atoms with Gasteiger partial charge in [-0.05, 0) is 89.9 Å². The van der Waals surface area contributed by atoms with Crippen molar-refractivity contribution in [2.24, 2.45) is 5.14 Å². The van der Waals surface area contributed by atoms with Gasteiger partial charge < -0.3 is 58.6 Å². The summed E-state index contributed by atoms with van der Waals surface area (Å²) in [6.07, 6.45) is -5.46. The van der Waals surface area contributed by atoms with Crippen LogP contribution >= 0.6 is 23.3 Å². The number of likely N-dealkylation sites (tertiary alicyclic amines) is 1. The molecule has 5 heterocycles. The molecule has 18 nitrogen and oxygen atoms in total. The highest BCUT2D eigenvalue weighted by molar-refractivity contribution is 7.97. The summed E-state index contributed by atoms with van der Waals surface area (Å²) >= 11 is 2.03. The van der Waals surface area contributed by atoms with E-state index >= 15 is 0 Å². The second-order valence-corrected chi connectivity index (χ2v) is 21.1. The van der Waals surface area contributed by atoms with Gasteiger partial charge in [-0.3, -0.25) is 9.93 Å². The lowest BCUT2D eigenvalue weighted by Gasteiger charge is -2.32. The molecule has 0 saturated carbocycles. The molecule has 0 atom stereocenters. The number of rotatable bonds is 27. The molecule has 0 aliphatic carbocycles. The molecule has 8 aromatic rings. The molecule has 0 unspecified atom stereocenters. The van der Waals surface area contributed by atoms with Crippen LogP contribution in [-0.2, 0) is 38.5 Å². The van der Waals surface area contributed by atoms with Crippen LogP contribution in [0.2, 0.25) is 0 Å². The van der Waals surface area contributed by atoms with Gasteiger partial charge in [0.2, 0.25) is 0 Å². The molecule has 0 amide bonds. The number of thiophene rings is 1. The first kappa shape index (κ1) is 61.8. The average Bonchev–Trinajstić information content (AvgIpc) is 4.32. The zero-order valence-electron chi connectivity index (χ0n) is 46.0. The summed E-state index contributed by atoms with van der Waals surface area (Å²) in [5.74, 6) is 5.37. The maximum Gasteiger partial charge on any atom is 0.573 e. The van der Waals surface area contributed by atoms with Gasteiger partial charge in [-0.25, -0.2) is 4.68 Å². The lowest BCUT2D eigenvalue weighted by molar-refractivity contribution is -0.274. The Balaban J connectivity index is 0.618. The van der Waals surface area contributed by atoms with E-state index in [4.69, 9.17) is 28.8 Å². The Morgan fingerprint density at radius 2 is 1.54 bits per heavy atom. The number of ether oxygens (including phenoxy) is 6. The summed E-state index contributed by atoms with van der Waals surface area (Å²) in [7, 11) is 1.62. The molecule has 9 rings (SSSR count). The number of hydrogen-bond acceptors (Lipinski definition) is 17. The number of nitrogens with one attached hydrogen (secondary N) is 3. The molecular weight excluding hydrogens is 1150 g/mol. The van der Waals surface area contributed by atoms with Crippen molar-refractivity contribution < 1.29 is 59.9 Å². The van der Waals surface area contributed by atoms with Crippen molar-refractivity contribution in [3.63, 3.8) is 0 Å². The molecule has 85 heavy (non-hydrogen) atoms. The van der Waals surface area contributed by atoms with Gasteiger partial charge in [-0.15, -0.1) is 29.6 Å². The van der Waals surface area contributed by atoms with Crippen molar-refractivity contribution in [3.8, 4) is 57.4 Å². The van der Waals surface area contributed by atoms with Gasteiger partial charge in [0.05, 0.1) is 101 Å². The number of nitrogens with zero attached hydrogens (tertiary/aromatic N) is 6. The number of nitrogens with two attached hydrogens (primary N) is 1. The van der Waals surface area contributed by atoms with Crippen molar-refractivity contribution >= 4 is 55.8 Å². The van der Waals surface area contributed by atoms with Crippen LogP contribution in [0.15, 0.2) is 106 Å². The van der Waals surface area contributed by atoms with Crippen molar-refractivity contribution in [3.05, 3.63) is 129 Å². The highest BCUT2D eigenvalue weighted by Crippen LogP contribution is 2.41. The number of halogens is 6. The van der Waals surface area contributed by atoms with Crippen LogP contribution in [0.1, 0.15) is 35.4 Å². The van der Waals surface area contributed by atoms with Gasteiger partial charge in [0.25, 0.3) is 5.56 Å². The normalized spacial score (nSPS) is 13.3. The molecule has 6 N–H and O–H groups in total. The van der Waals surface area contributed by atoms with E-state index in [9.17, 15) is 41.5 Å². The summed E-state index contributed by atoms with van der Waals surface area (Å²) in [6, 6.07) is 26.3. The fourth-order valence-corrected chi connectivity index (χ4v) is 11.0. The Bertz CT molecular complexity index is 3710. The second-order valence-electron chi connectivity index (χ2n) is 19.6. The molecule has 0 spiro atoms. The maximum absolute atomic E-state index is 13.8. The van der Waals surface area contributed by atoms with Crippen LogP contribution in [0.3, 0.4) is 0 Å². The number of aromatic nitrogens is 5. The second kappa shape index (κ2) is 28.9. The summed E-state index contributed by atoms with van der Waals surface area (Å²) in [4.78, 5) is 18.0. The van der Waals surface area contributed by atoms with Crippen molar-refractivity contribution in [2.45, 2.75) is 55.8 Å². The first-order valence-corrected chi connectivity index (χ1v) is 28.7. The number of aromatic hydroxyl groups is 1. The topological polar surface area (TPSA) is 221 Å². The first-order valence-electron chi connectivity index (χ1n) is 27.0. The molecule has 4 aromatic carbocycles. The average molecular weight is 1220 g/mol. The van der Waals surface area contributed by atoms with E-state index in [1.54, 1.807) is 36.1 Å². The number of benzene rings is 4. The number of aromatic amines is 1. The lowest BCUT2D eigenvalue weighted by atomic mass is 9.97. The Labute approximate surface area is 492 Å². The predicted molar refractivity (Wildman–Crippen MR) is 312 cm³/mol. The number of piperidine rings is 1. The Kier molecular flexibility index (Phi) is 21.0. The standard InChI is InChI=1S/C59H60F6N10O8S2/c1-78-52-31-38(7-13-45(52)39-8-10-40(11-9-39)48-36-84-57-54(48)55(76)47(34-66)56(77)70-57)30-42-35-74(72-71-42)21-23-80-25-27-82-29-28-81-26-24-79-22-20-73-18-15-41(16-19-73)69-49-5-2-6-51-46(49)32-43(75(51)37-58(60,61)62)4-3-17-68-50-14-12-44(85-67)33-53(50)83-59(63,64)65/h2,5-14,31-33,35-36,41,68-69H,15-30,37,67H2,1H3,(H2,70,76,77). The minimum Gasteiger partial charge on any atom is -0.506 e. The minimum atomic E-state index is -4.96. The van der Waals surface area contributed by atoms with E-state index in [1.807, 2.05) is 60.1 Å². The number of hydrogen-bond donors (Lipinski definition) is 5. The number of anilines is 2. The smallest absolute Gasteiger partial charge is 0.506 e. The third kappa shape index (κ3) is 16.8. The third-order valence-corrected chi connectivity index (χ3v) is 15.3. The van der Waals surface area contributed by atoms with Crippen LogP contribution in [0.4, 0.5) is 37.7 Å². The highest BCUT2D eigenvalue weighted by Gasteiger charge is 2.33. The predicted octanol–water partition coefficient (Wildman–Crippen LogP) is 10.2. The van der Waals surface area contributed by atoms with Gasteiger partial charge >= 0.3 is 12.5 Å². The van der Waals surface area contributed by atoms with E-state index in [-0.39, 0.29) is 35.3 Å². The fraction of sp³-hybridized carbons (Fsp3) is 0.356. The van der Waals surface area contributed by atoms with Gasteiger partial charge in [0.15, 0.2) is 11.3 Å². The number of alkyl halides is 6. The Morgan fingerprint density at radius 1 is 0.847 bits per heavy atom. The largest absolute Gasteiger partial charge is 0.573 e. The molecule has 26 heteroatoms. The number of nitriles is 1. The van der Waals surface area contributed by atoms with Gasteiger partial charge in [-0.1, -0.05) is 53.6 Å². The van der Waals surface area contributed by atoms with E-state index in [0.29, 0.717) is 109 Å². The SMILES string of the molecule is COc1cc(Cc2cn(CCOCCOCCOCCOCCN3CCC(Nc4cccc5c4cc(C#CCNc4ccc(SN)cc4OC(F)(F)F)n5CC(F)(F)F)CC3)nn2)ccc1-c1ccc(-c2csc3[nH]c(=O)c(C#N)c(O)c23)cc1. The third-order valence-electron chi connectivity index (χ3n) is 13.8. The van der Waals surface area contributed by atoms with E-state index in [1.165, 1.54) is 23.5 Å². The van der Waals surface area contributed by atoms with Crippen molar-refractivity contribution in [1.29, 1.82) is 5.26 Å². The zero-order chi connectivity index (χ0) is 59.9. The van der Waals surface area contributed by atoms with Gasteiger partial charge in [0.1, 0.15) is 28.9 Å². The van der Waals surface area contributed by atoms with Crippen molar-refractivity contribution in [1.82, 2.24) is 29.4 Å². The summed E-state index contributed by atoms with van der Waals surface area (Å²) in [6.45, 7) is 4.88. The molecule has 1 aliphatic heterocycles. The Morgan fingerprint density at radius 3 is 2.21 bits per heavy atom. The van der Waals surface area contributed by atoms with E-state index in [0.717, 1.165) is 83.0 Å². The highest BCUT2D eigenvalue weighted by atomic mass is 32.2. The summed E-state index contributed by atoms with van der Waals surface area (Å²) in [5, 5.41) is 43.3. The van der Waals surface area contributed by atoms with Crippen LogP contribution in [0.25, 0.3) is 43.4 Å². The number of methoxy groups -OCH3 is 1. The van der Waals surface area contributed by atoms with Gasteiger partial charge in [0, 0.05) is 70.8 Å². The molecule has 4 aromatic heterocycles. The van der Waals surface area contributed by atoms with Crippen LogP contribution in [-0.4, -0.2) is 139 Å². The monoisotopic (exact) mass is 1210 g/mol.